The zero-order valence-electron chi connectivity index (χ0n) is 12.1. The second-order valence-electron chi connectivity index (χ2n) is 5.69. The second-order valence-corrected chi connectivity index (χ2v) is 5.69. The lowest BCUT2D eigenvalue weighted by Crippen LogP contribution is -1.84. The summed E-state index contributed by atoms with van der Waals surface area (Å²) in [5.41, 5.74) is 5.59. The number of rotatable bonds is 2. The summed E-state index contributed by atoms with van der Waals surface area (Å²) in [4.78, 5) is 3.36. The number of allylic oxidation sites excluding steroid dienone is 2. The van der Waals surface area contributed by atoms with Gasteiger partial charge in [0.2, 0.25) is 0 Å². The van der Waals surface area contributed by atoms with E-state index < -0.39 is 0 Å². The van der Waals surface area contributed by atoms with Crippen molar-refractivity contribution >= 4 is 21.8 Å². The van der Waals surface area contributed by atoms with Crippen LogP contribution in [0.25, 0.3) is 21.8 Å². The number of aryl methyl sites for hydroxylation is 1. The second kappa shape index (κ2) is 4.71. The van der Waals surface area contributed by atoms with Gasteiger partial charge in [0.15, 0.2) is 0 Å². The Balaban J connectivity index is 2.23. The molecule has 0 saturated carbocycles. The number of nitrogens with one attached hydrogen (secondary N) is 1. The van der Waals surface area contributed by atoms with Crippen molar-refractivity contribution in [2.45, 2.75) is 27.2 Å². The average molecular weight is 265 g/mol. The number of benzene rings is 2. The molecule has 0 spiro atoms. The summed E-state index contributed by atoms with van der Waals surface area (Å²) in [6.45, 7) is 6.25. The molecule has 3 aromatic rings. The highest BCUT2D eigenvalue weighted by atomic mass is 16.3. The lowest BCUT2D eigenvalue weighted by molar-refractivity contribution is 0.470. The molecule has 2 heteroatoms. The SMILES string of the molecule is CC(C)=CCc1cc2c(cc1O)[nH]c1ccc(C)cc12. The number of phenols is 1. The van der Waals surface area contributed by atoms with E-state index in [1.54, 1.807) is 0 Å². The molecule has 0 unspecified atom stereocenters. The van der Waals surface area contributed by atoms with E-state index in [-0.39, 0.29) is 0 Å². The van der Waals surface area contributed by atoms with Crippen LogP contribution in [0.1, 0.15) is 25.0 Å². The van der Waals surface area contributed by atoms with Crippen molar-refractivity contribution in [1.29, 1.82) is 0 Å². The maximum absolute atomic E-state index is 10.2. The van der Waals surface area contributed by atoms with Crippen LogP contribution in [-0.2, 0) is 6.42 Å². The molecule has 0 bridgehead atoms. The van der Waals surface area contributed by atoms with Gasteiger partial charge in [-0.15, -0.1) is 0 Å². The first kappa shape index (κ1) is 12.8. The minimum atomic E-state index is 0.360. The van der Waals surface area contributed by atoms with Crippen molar-refractivity contribution in [3.63, 3.8) is 0 Å². The zero-order chi connectivity index (χ0) is 14.3. The molecule has 1 aromatic heterocycles. The summed E-state index contributed by atoms with van der Waals surface area (Å²) >= 11 is 0. The molecule has 102 valence electrons. The van der Waals surface area contributed by atoms with Crippen LogP contribution in [0.15, 0.2) is 42.0 Å². The Morgan fingerprint density at radius 3 is 2.60 bits per heavy atom. The van der Waals surface area contributed by atoms with Crippen molar-refractivity contribution in [3.05, 3.63) is 53.1 Å². The average Bonchev–Trinajstić information content (AvgIpc) is 2.72. The van der Waals surface area contributed by atoms with E-state index in [9.17, 15) is 5.11 Å². The van der Waals surface area contributed by atoms with Crippen LogP contribution >= 0.6 is 0 Å². The predicted octanol–water partition coefficient (Wildman–Crippen LogP) is 4.84. The van der Waals surface area contributed by atoms with Gasteiger partial charge in [0.1, 0.15) is 5.75 Å². The Morgan fingerprint density at radius 1 is 1.10 bits per heavy atom. The minimum absolute atomic E-state index is 0.360. The van der Waals surface area contributed by atoms with Crippen molar-refractivity contribution in [2.75, 3.05) is 0 Å². The topological polar surface area (TPSA) is 36.0 Å². The monoisotopic (exact) mass is 265 g/mol. The van der Waals surface area contributed by atoms with Gasteiger partial charge < -0.3 is 10.1 Å². The molecule has 0 radical (unpaired) electrons. The first-order valence-electron chi connectivity index (χ1n) is 6.92. The van der Waals surface area contributed by atoms with Gasteiger partial charge in [-0.2, -0.15) is 0 Å². The normalized spacial score (nSPS) is 11.2. The van der Waals surface area contributed by atoms with Crippen LogP contribution in [-0.4, -0.2) is 10.1 Å². The summed E-state index contributed by atoms with van der Waals surface area (Å²) in [5, 5.41) is 12.6. The quantitative estimate of drug-likeness (QED) is 0.639. The van der Waals surface area contributed by atoms with Crippen molar-refractivity contribution < 1.29 is 5.11 Å². The molecule has 0 fully saturated rings. The number of aromatic amines is 1. The van der Waals surface area contributed by atoms with Gasteiger partial charge in [-0.1, -0.05) is 23.3 Å². The van der Waals surface area contributed by atoms with Gasteiger partial charge >= 0.3 is 0 Å². The third-order valence-corrected chi connectivity index (χ3v) is 3.68. The Bertz CT molecular complexity index is 820. The molecule has 20 heavy (non-hydrogen) atoms. The summed E-state index contributed by atoms with van der Waals surface area (Å²) in [5.74, 6) is 0.360. The molecular weight excluding hydrogens is 246 g/mol. The van der Waals surface area contributed by atoms with Gasteiger partial charge in [-0.25, -0.2) is 0 Å². The van der Waals surface area contributed by atoms with Crippen LogP contribution in [0, 0.1) is 6.92 Å². The molecular formula is C18H19NO. The smallest absolute Gasteiger partial charge is 0.121 e. The van der Waals surface area contributed by atoms with Gasteiger partial charge in [0.05, 0.1) is 5.52 Å². The largest absolute Gasteiger partial charge is 0.508 e. The van der Waals surface area contributed by atoms with Gasteiger partial charge in [0, 0.05) is 22.4 Å². The van der Waals surface area contributed by atoms with E-state index >= 15 is 0 Å². The Labute approximate surface area is 118 Å². The number of H-pyrrole nitrogens is 1. The van der Waals surface area contributed by atoms with E-state index in [4.69, 9.17) is 0 Å². The molecule has 3 rings (SSSR count). The summed E-state index contributed by atoms with van der Waals surface area (Å²) in [7, 11) is 0. The first-order valence-corrected chi connectivity index (χ1v) is 6.92. The number of hydrogen-bond donors (Lipinski definition) is 2. The molecule has 2 nitrogen and oxygen atoms in total. The van der Waals surface area contributed by atoms with E-state index in [2.05, 4.69) is 56.1 Å². The van der Waals surface area contributed by atoms with E-state index in [1.165, 1.54) is 21.9 Å². The van der Waals surface area contributed by atoms with Gasteiger partial charge in [0.25, 0.3) is 0 Å². The lowest BCUT2D eigenvalue weighted by atomic mass is 10.0. The minimum Gasteiger partial charge on any atom is -0.508 e. The summed E-state index contributed by atoms with van der Waals surface area (Å²) < 4.78 is 0. The number of hydrogen-bond acceptors (Lipinski definition) is 1. The first-order chi connectivity index (χ1) is 9.54. The van der Waals surface area contributed by atoms with Crippen LogP contribution in [0.5, 0.6) is 5.75 Å². The number of phenolic OH excluding ortho intramolecular Hbond substituents is 1. The van der Waals surface area contributed by atoms with E-state index in [0.29, 0.717) is 5.75 Å². The fourth-order valence-corrected chi connectivity index (χ4v) is 2.57. The fraction of sp³-hybridized carbons (Fsp3) is 0.222. The molecule has 0 saturated heterocycles. The van der Waals surface area contributed by atoms with Crippen molar-refractivity contribution in [3.8, 4) is 5.75 Å². The maximum Gasteiger partial charge on any atom is 0.121 e. The Hall–Kier alpha value is -2.22. The third kappa shape index (κ3) is 2.18. The highest BCUT2D eigenvalue weighted by Crippen LogP contribution is 2.31. The highest BCUT2D eigenvalue weighted by molar-refractivity contribution is 6.08. The molecule has 0 aliphatic heterocycles. The Kier molecular flexibility index (Phi) is 3.01. The zero-order valence-corrected chi connectivity index (χ0v) is 12.1. The number of fused-ring (bicyclic) bond motifs is 3. The van der Waals surface area contributed by atoms with Crippen LogP contribution in [0.3, 0.4) is 0 Å². The molecule has 0 aliphatic carbocycles. The maximum atomic E-state index is 10.2. The molecule has 2 aromatic carbocycles. The fourth-order valence-electron chi connectivity index (χ4n) is 2.57. The molecule has 1 heterocycles. The summed E-state index contributed by atoms with van der Waals surface area (Å²) in [6.07, 6.45) is 2.91. The van der Waals surface area contributed by atoms with Crippen LogP contribution in [0.2, 0.25) is 0 Å². The lowest BCUT2D eigenvalue weighted by Gasteiger charge is -2.03. The Morgan fingerprint density at radius 2 is 1.85 bits per heavy atom. The number of aromatic hydroxyl groups is 1. The molecule has 0 aliphatic rings. The van der Waals surface area contributed by atoms with E-state index in [1.807, 2.05) is 6.07 Å². The van der Waals surface area contributed by atoms with Crippen LogP contribution < -0.4 is 0 Å². The summed E-state index contributed by atoms with van der Waals surface area (Å²) in [6, 6.07) is 10.3. The highest BCUT2D eigenvalue weighted by Gasteiger charge is 2.08. The molecule has 0 atom stereocenters. The van der Waals surface area contributed by atoms with E-state index in [0.717, 1.165) is 23.0 Å². The van der Waals surface area contributed by atoms with Gasteiger partial charge in [-0.3, -0.25) is 0 Å². The van der Waals surface area contributed by atoms with Gasteiger partial charge in [-0.05, 0) is 51.0 Å². The predicted molar refractivity (Wildman–Crippen MR) is 85.3 cm³/mol. The third-order valence-electron chi connectivity index (χ3n) is 3.68. The number of aromatic nitrogens is 1. The van der Waals surface area contributed by atoms with Crippen LogP contribution in [0.4, 0.5) is 0 Å². The molecule has 0 amide bonds. The standard InChI is InChI=1S/C18H19NO/c1-11(2)4-6-13-9-15-14-8-12(3)5-7-16(14)19-17(15)10-18(13)20/h4-5,7-10,19-20H,6H2,1-3H3. The van der Waals surface area contributed by atoms with Crippen molar-refractivity contribution in [1.82, 2.24) is 4.98 Å². The van der Waals surface area contributed by atoms with Crippen molar-refractivity contribution in [2.24, 2.45) is 0 Å². The molecule has 2 N–H and O–H groups in total.